The lowest BCUT2D eigenvalue weighted by Gasteiger charge is -2.07. The zero-order chi connectivity index (χ0) is 13.0. The summed E-state index contributed by atoms with van der Waals surface area (Å²) in [4.78, 5) is 4.49. The van der Waals surface area contributed by atoms with Gasteiger partial charge in [0.25, 0.3) is 0 Å². The van der Waals surface area contributed by atoms with Crippen molar-refractivity contribution in [3.63, 3.8) is 0 Å². The van der Waals surface area contributed by atoms with E-state index in [1.807, 2.05) is 25.1 Å². The van der Waals surface area contributed by atoms with Crippen molar-refractivity contribution in [2.24, 2.45) is 0 Å². The first-order chi connectivity index (χ1) is 8.72. The number of nitrogens with two attached hydrogens (primary N) is 1. The van der Waals surface area contributed by atoms with Crippen LogP contribution in [-0.2, 0) is 16.0 Å². The largest absolute Gasteiger partial charge is 0.399 e. The molecule has 0 amide bonds. The molecule has 0 unspecified atom stereocenters. The number of aromatic nitrogens is 2. The maximum atomic E-state index is 5.75. The molecule has 0 aliphatic rings. The second kappa shape index (κ2) is 5.84. The topological polar surface area (TPSA) is 62.3 Å². The lowest BCUT2D eigenvalue weighted by Crippen LogP contribution is -2.10. The van der Waals surface area contributed by atoms with Crippen LogP contribution in [0.2, 0.25) is 0 Å². The molecule has 1 heterocycles. The number of nitrogens with zero attached hydrogens (tertiary/aromatic N) is 2. The van der Waals surface area contributed by atoms with E-state index in [-0.39, 0.29) is 0 Å². The third-order valence-electron chi connectivity index (χ3n) is 2.85. The van der Waals surface area contributed by atoms with Crippen LogP contribution in [0.1, 0.15) is 5.82 Å². The van der Waals surface area contributed by atoms with Crippen LogP contribution in [0.25, 0.3) is 11.0 Å². The molecule has 2 aromatic rings. The molecule has 18 heavy (non-hydrogen) atoms. The zero-order valence-electron chi connectivity index (χ0n) is 10.8. The molecule has 0 saturated carbocycles. The molecular weight excluding hydrogens is 230 g/mol. The highest BCUT2D eigenvalue weighted by atomic mass is 16.5. The summed E-state index contributed by atoms with van der Waals surface area (Å²) in [5, 5.41) is 0. The lowest BCUT2D eigenvalue weighted by atomic mass is 10.3. The molecule has 0 spiro atoms. The Morgan fingerprint density at radius 1 is 1.28 bits per heavy atom. The highest BCUT2D eigenvalue weighted by molar-refractivity contribution is 5.79. The average Bonchev–Trinajstić information content (AvgIpc) is 2.64. The molecule has 0 aliphatic heterocycles. The van der Waals surface area contributed by atoms with Gasteiger partial charge in [0, 0.05) is 19.3 Å². The normalized spacial score (nSPS) is 11.2. The van der Waals surface area contributed by atoms with Gasteiger partial charge in [-0.2, -0.15) is 0 Å². The van der Waals surface area contributed by atoms with E-state index in [4.69, 9.17) is 15.2 Å². The molecule has 1 aromatic carbocycles. The SMILES string of the molecule is COCCOCCn1c(C)nc2cc(N)ccc21. The van der Waals surface area contributed by atoms with Gasteiger partial charge in [-0.15, -0.1) is 0 Å². The van der Waals surface area contributed by atoms with Gasteiger partial charge in [-0.05, 0) is 25.1 Å². The van der Waals surface area contributed by atoms with Crippen molar-refractivity contribution in [2.75, 3.05) is 32.7 Å². The van der Waals surface area contributed by atoms with Gasteiger partial charge in [0.1, 0.15) is 5.82 Å². The van der Waals surface area contributed by atoms with Crippen LogP contribution in [0.5, 0.6) is 0 Å². The second-order valence-electron chi connectivity index (χ2n) is 4.16. The molecule has 0 radical (unpaired) electrons. The van der Waals surface area contributed by atoms with Gasteiger partial charge in [-0.3, -0.25) is 0 Å². The number of hydrogen-bond donors (Lipinski definition) is 1. The first-order valence-electron chi connectivity index (χ1n) is 6.01. The van der Waals surface area contributed by atoms with E-state index < -0.39 is 0 Å². The van der Waals surface area contributed by atoms with Crippen molar-refractivity contribution in [3.05, 3.63) is 24.0 Å². The third kappa shape index (κ3) is 2.80. The molecule has 1 aromatic heterocycles. The summed E-state index contributed by atoms with van der Waals surface area (Å²) >= 11 is 0. The Morgan fingerprint density at radius 2 is 2.11 bits per heavy atom. The summed E-state index contributed by atoms with van der Waals surface area (Å²) < 4.78 is 12.5. The van der Waals surface area contributed by atoms with Crippen molar-refractivity contribution < 1.29 is 9.47 Å². The molecule has 98 valence electrons. The number of aryl methyl sites for hydroxylation is 1. The maximum Gasteiger partial charge on any atom is 0.106 e. The monoisotopic (exact) mass is 249 g/mol. The number of methoxy groups -OCH3 is 1. The Morgan fingerprint density at radius 3 is 2.89 bits per heavy atom. The van der Waals surface area contributed by atoms with E-state index in [1.54, 1.807) is 7.11 Å². The minimum Gasteiger partial charge on any atom is -0.399 e. The van der Waals surface area contributed by atoms with Gasteiger partial charge in [0.15, 0.2) is 0 Å². The number of ether oxygens (including phenoxy) is 2. The Labute approximate surface area is 107 Å². The number of nitrogen functional groups attached to an aromatic ring is 1. The van der Waals surface area contributed by atoms with E-state index in [2.05, 4.69) is 9.55 Å². The van der Waals surface area contributed by atoms with Crippen molar-refractivity contribution in [2.45, 2.75) is 13.5 Å². The predicted octanol–water partition coefficient (Wildman–Crippen LogP) is 1.59. The number of fused-ring (bicyclic) bond motifs is 1. The summed E-state index contributed by atoms with van der Waals surface area (Å²) in [6.07, 6.45) is 0. The molecule has 2 N–H and O–H groups in total. The minimum absolute atomic E-state index is 0.620. The summed E-state index contributed by atoms with van der Waals surface area (Å²) in [5.74, 6) is 0.978. The van der Waals surface area contributed by atoms with Gasteiger partial charge in [0.05, 0.1) is 30.9 Å². The van der Waals surface area contributed by atoms with Crippen LogP contribution >= 0.6 is 0 Å². The molecule has 0 bridgehead atoms. The molecule has 5 heteroatoms. The van der Waals surface area contributed by atoms with E-state index >= 15 is 0 Å². The second-order valence-corrected chi connectivity index (χ2v) is 4.16. The number of imidazole rings is 1. The molecular formula is C13H19N3O2. The Balaban J connectivity index is 2.05. The summed E-state index contributed by atoms with van der Waals surface area (Å²) in [7, 11) is 1.67. The lowest BCUT2D eigenvalue weighted by molar-refractivity contribution is 0.0668. The summed E-state index contributed by atoms with van der Waals surface area (Å²) in [6, 6.07) is 5.79. The van der Waals surface area contributed by atoms with Crippen molar-refractivity contribution in [1.82, 2.24) is 9.55 Å². The van der Waals surface area contributed by atoms with E-state index in [9.17, 15) is 0 Å². The van der Waals surface area contributed by atoms with Crippen LogP contribution in [-0.4, -0.2) is 36.5 Å². The van der Waals surface area contributed by atoms with Crippen LogP contribution < -0.4 is 5.73 Å². The quantitative estimate of drug-likeness (QED) is 0.624. The van der Waals surface area contributed by atoms with Gasteiger partial charge < -0.3 is 19.8 Å². The Kier molecular flexibility index (Phi) is 4.17. The number of hydrogen-bond acceptors (Lipinski definition) is 4. The van der Waals surface area contributed by atoms with Gasteiger partial charge in [-0.25, -0.2) is 4.98 Å². The fraction of sp³-hybridized carbons (Fsp3) is 0.462. The molecule has 0 aliphatic carbocycles. The molecule has 0 atom stereocenters. The van der Waals surface area contributed by atoms with E-state index in [0.717, 1.165) is 29.1 Å². The van der Waals surface area contributed by atoms with Crippen LogP contribution in [0.4, 0.5) is 5.69 Å². The number of rotatable bonds is 6. The molecule has 0 saturated heterocycles. The van der Waals surface area contributed by atoms with E-state index in [0.29, 0.717) is 19.8 Å². The molecule has 2 rings (SSSR count). The average molecular weight is 249 g/mol. The molecule has 0 fully saturated rings. The van der Waals surface area contributed by atoms with Crippen LogP contribution in [0, 0.1) is 6.92 Å². The Hall–Kier alpha value is -1.59. The fourth-order valence-corrected chi connectivity index (χ4v) is 1.95. The summed E-state index contributed by atoms with van der Waals surface area (Å²) in [5.41, 5.74) is 8.52. The van der Waals surface area contributed by atoms with Crippen LogP contribution in [0.3, 0.4) is 0 Å². The van der Waals surface area contributed by atoms with E-state index in [1.165, 1.54) is 0 Å². The standard InChI is InChI=1S/C13H19N3O2/c1-10-15-12-9-11(14)3-4-13(12)16(10)5-6-18-8-7-17-2/h3-4,9H,5-8,14H2,1-2H3. The van der Waals surface area contributed by atoms with Crippen molar-refractivity contribution in [3.8, 4) is 0 Å². The number of anilines is 1. The first kappa shape index (κ1) is 12.9. The van der Waals surface area contributed by atoms with Crippen molar-refractivity contribution >= 4 is 16.7 Å². The first-order valence-corrected chi connectivity index (χ1v) is 6.01. The van der Waals surface area contributed by atoms with Gasteiger partial charge >= 0.3 is 0 Å². The van der Waals surface area contributed by atoms with Gasteiger partial charge in [-0.1, -0.05) is 0 Å². The highest BCUT2D eigenvalue weighted by Gasteiger charge is 2.06. The van der Waals surface area contributed by atoms with Crippen LogP contribution in [0.15, 0.2) is 18.2 Å². The minimum atomic E-state index is 0.620. The van der Waals surface area contributed by atoms with Gasteiger partial charge in [0.2, 0.25) is 0 Å². The highest BCUT2D eigenvalue weighted by Crippen LogP contribution is 2.18. The Bertz CT molecular complexity index is 522. The smallest absolute Gasteiger partial charge is 0.106 e. The molecule has 5 nitrogen and oxygen atoms in total. The zero-order valence-corrected chi connectivity index (χ0v) is 10.8. The third-order valence-corrected chi connectivity index (χ3v) is 2.85. The fourth-order valence-electron chi connectivity index (χ4n) is 1.95. The predicted molar refractivity (Wildman–Crippen MR) is 71.6 cm³/mol. The summed E-state index contributed by atoms with van der Waals surface area (Å²) in [6.45, 7) is 4.68. The van der Waals surface area contributed by atoms with Crippen molar-refractivity contribution in [1.29, 1.82) is 0 Å². The number of benzene rings is 1. The maximum absolute atomic E-state index is 5.75.